The number of carbonyl (C=O) groups excluding carboxylic acids is 2. The van der Waals surface area contributed by atoms with E-state index in [2.05, 4.69) is 12.7 Å². The fraction of sp³-hybridized carbons (Fsp3) is 0.647. The van der Waals surface area contributed by atoms with Crippen LogP contribution in [0.25, 0.3) is 0 Å². The van der Waals surface area contributed by atoms with Crippen LogP contribution in [0.2, 0.25) is 0 Å². The minimum absolute atomic E-state index is 0.134. The van der Waals surface area contributed by atoms with Gasteiger partial charge in [0.25, 0.3) is 0 Å². The summed E-state index contributed by atoms with van der Waals surface area (Å²) in [7, 11) is 0. The van der Waals surface area contributed by atoms with E-state index in [4.69, 9.17) is 10.5 Å². The molecule has 1 amide bonds. The fourth-order valence-electron chi connectivity index (χ4n) is 3.67. The van der Waals surface area contributed by atoms with Crippen LogP contribution in [0.3, 0.4) is 0 Å². The third-order valence-electron chi connectivity index (χ3n) is 4.83. The van der Waals surface area contributed by atoms with E-state index < -0.39 is 0 Å². The monoisotopic (exact) mass is 291 g/mol. The van der Waals surface area contributed by atoms with Crippen LogP contribution >= 0.6 is 0 Å². The summed E-state index contributed by atoms with van der Waals surface area (Å²) < 4.78 is 4.93. The van der Waals surface area contributed by atoms with E-state index >= 15 is 0 Å². The number of unbranched alkanes of at least 4 members (excludes halogenated alkanes) is 3. The normalized spacial score (nSPS) is 26.5. The third-order valence-corrected chi connectivity index (χ3v) is 4.83. The fourth-order valence-corrected chi connectivity index (χ4v) is 3.67. The van der Waals surface area contributed by atoms with Crippen molar-refractivity contribution in [1.29, 1.82) is 0 Å². The second-order valence-corrected chi connectivity index (χ2v) is 6.18. The van der Waals surface area contributed by atoms with Crippen molar-refractivity contribution in [3.8, 4) is 0 Å². The van der Waals surface area contributed by atoms with Crippen LogP contribution in [-0.4, -0.2) is 18.5 Å². The Labute approximate surface area is 126 Å². The zero-order chi connectivity index (χ0) is 15.3. The first-order valence-electron chi connectivity index (χ1n) is 7.89. The number of esters is 1. The molecule has 21 heavy (non-hydrogen) atoms. The highest BCUT2D eigenvalue weighted by Crippen LogP contribution is 2.54. The number of hydrogen-bond acceptors (Lipinski definition) is 3. The molecule has 2 aliphatic carbocycles. The molecule has 116 valence electrons. The van der Waals surface area contributed by atoms with Gasteiger partial charge in [-0.15, -0.1) is 0 Å². The first kappa shape index (κ1) is 15.8. The highest BCUT2D eigenvalue weighted by molar-refractivity contribution is 5.85. The topological polar surface area (TPSA) is 69.4 Å². The van der Waals surface area contributed by atoms with Crippen LogP contribution in [0.1, 0.15) is 51.4 Å². The Hall–Kier alpha value is -1.58. The summed E-state index contributed by atoms with van der Waals surface area (Å²) in [5.41, 5.74) is 6.60. The summed E-state index contributed by atoms with van der Waals surface area (Å²) in [6.07, 6.45) is 11.5. The predicted molar refractivity (Wildman–Crippen MR) is 81.3 cm³/mol. The molecule has 2 atom stereocenters. The second kappa shape index (κ2) is 6.92. The highest BCUT2D eigenvalue weighted by Gasteiger charge is 2.50. The SMILES string of the molecule is C=CC(=O)OCCCCCCC1=CC2CCC1(C(N)=O)C2. The Kier molecular flexibility index (Phi) is 5.21. The molecule has 1 fully saturated rings. The number of hydrogen-bond donors (Lipinski definition) is 1. The minimum atomic E-state index is -0.356. The number of rotatable bonds is 9. The lowest BCUT2D eigenvalue weighted by Gasteiger charge is -2.26. The van der Waals surface area contributed by atoms with Gasteiger partial charge in [0.2, 0.25) is 5.91 Å². The van der Waals surface area contributed by atoms with Crippen LogP contribution in [0.15, 0.2) is 24.3 Å². The van der Waals surface area contributed by atoms with E-state index in [0.717, 1.165) is 51.4 Å². The largest absolute Gasteiger partial charge is 0.463 e. The molecule has 0 aromatic heterocycles. The summed E-state index contributed by atoms with van der Waals surface area (Å²) in [5, 5.41) is 0. The van der Waals surface area contributed by atoms with Crippen molar-refractivity contribution in [2.75, 3.05) is 6.61 Å². The van der Waals surface area contributed by atoms with Crippen LogP contribution in [0.4, 0.5) is 0 Å². The molecule has 4 nitrogen and oxygen atoms in total. The van der Waals surface area contributed by atoms with Crippen molar-refractivity contribution < 1.29 is 14.3 Å². The molecule has 0 aliphatic heterocycles. The Morgan fingerprint density at radius 2 is 2.14 bits per heavy atom. The summed E-state index contributed by atoms with van der Waals surface area (Å²) >= 11 is 0. The van der Waals surface area contributed by atoms with Crippen LogP contribution < -0.4 is 5.73 Å². The molecule has 2 unspecified atom stereocenters. The van der Waals surface area contributed by atoms with Crippen molar-refractivity contribution in [3.63, 3.8) is 0 Å². The maximum Gasteiger partial charge on any atom is 0.330 e. The van der Waals surface area contributed by atoms with Gasteiger partial charge in [-0.05, 0) is 44.4 Å². The number of carbonyl (C=O) groups is 2. The molecule has 2 N–H and O–H groups in total. The maximum atomic E-state index is 11.8. The Morgan fingerprint density at radius 3 is 2.81 bits per heavy atom. The van der Waals surface area contributed by atoms with Gasteiger partial charge in [-0.3, -0.25) is 4.79 Å². The van der Waals surface area contributed by atoms with Gasteiger partial charge in [0.05, 0.1) is 12.0 Å². The summed E-state index contributed by atoms with van der Waals surface area (Å²) in [5.74, 6) is 0.0847. The lowest BCUT2D eigenvalue weighted by Crippen LogP contribution is -2.35. The number of ether oxygens (including phenoxy) is 1. The number of fused-ring (bicyclic) bond motifs is 2. The van der Waals surface area contributed by atoms with Gasteiger partial charge in [0.1, 0.15) is 0 Å². The van der Waals surface area contributed by atoms with Crippen LogP contribution in [0, 0.1) is 11.3 Å². The molecule has 4 heteroatoms. The summed E-state index contributed by atoms with van der Waals surface area (Å²) in [6.45, 7) is 3.81. The number of amides is 1. The Morgan fingerprint density at radius 1 is 1.38 bits per heavy atom. The van der Waals surface area contributed by atoms with E-state index in [1.165, 1.54) is 11.6 Å². The molecule has 0 heterocycles. The standard InChI is InChI=1S/C17H25NO3/c1-2-15(19)21-10-6-4-3-5-7-14-11-13-8-9-17(14,12-13)16(18)20/h2,11,13H,1,3-10,12H2,(H2,18,20). The predicted octanol–water partition coefficient (Wildman–Crippen LogP) is 2.88. The average molecular weight is 291 g/mol. The number of primary amides is 1. The third kappa shape index (κ3) is 3.55. The van der Waals surface area contributed by atoms with E-state index in [9.17, 15) is 9.59 Å². The van der Waals surface area contributed by atoms with Crippen molar-refractivity contribution in [2.24, 2.45) is 17.1 Å². The highest BCUT2D eigenvalue weighted by atomic mass is 16.5. The van der Waals surface area contributed by atoms with E-state index in [1.807, 2.05) is 0 Å². The maximum absolute atomic E-state index is 11.8. The minimum Gasteiger partial charge on any atom is -0.463 e. The van der Waals surface area contributed by atoms with Crippen molar-refractivity contribution in [2.45, 2.75) is 51.4 Å². The Bertz CT molecular complexity index is 455. The lowest BCUT2D eigenvalue weighted by atomic mass is 9.77. The quantitative estimate of drug-likeness (QED) is 0.307. The molecular formula is C17H25NO3. The van der Waals surface area contributed by atoms with Crippen molar-refractivity contribution >= 4 is 11.9 Å². The smallest absolute Gasteiger partial charge is 0.330 e. The van der Waals surface area contributed by atoms with Gasteiger partial charge < -0.3 is 10.5 Å². The molecule has 0 spiro atoms. The first-order chi connectivity index (χ1) is 10.1. The van der Waals surface area contributed by atoms with E-state index in [-0.39, 0.29) is 17.3 Å². The molecule has 0 saturated heterocycles. The summed E-state index contributed by atoms with van der Waals surface area (Å²) in [6, 6.07) is 0. The first-order valence-corrected chi connectivity index (χ1v) is 7.89. The zero-order valence-electron chi connectivity index (χ0n) is 12.6. The van der Waals surface area contributed by atoms with Gasteiger partial charge in [-0.2, -0.15) is 0 Å². The second-order valence-electron chi connectivity index (χ2n) is 6.18. The van der Waals surface area contributed by atoms with Gasteiger partial charge in [-0.25, -0.2) is 4.79 Å². The average Bonchev–Trinajstić information content (AvgIpc) is 3.05. The molecule has 0 aromatic carbocycles. The van der Waals surface area contributed by atoms with Crippen LogP contribution in [0.5, 0.6) is 0 Å². The van der Waals surface area contributed by atoms with Crippen LogP contribution in [-0.2, 0) is 14.3 Å². The molecule has 0 aromatic rings. The molecule has 2 aliphatic rings. The zero-order valence-corrected chi connectivity index (χ0v) is 12.6. The van der Waals surface area contributed by atoms with Gasteiger partial charge in [0.15, 0.2) is 0 Å². The van der Waals surface area contributed by atoms with Crippen molar-refractivity contribution in [1.82, 2.24) is 0 Å². The van der Waals surface area contributed by atoms with E-state index in [1.54, 1.807) is 0 Å². The molecular weight excluding hydrogens is 266 g/mol. The number of allylic oxidation sites excluding steroid dienone is 1. The molecule has 1 saturated carbocycles. The lowest BCUT2D eigenvalue weighted by molar-refractivity contribution is -0.137. The molecule has 2 bridgehead atoms. The van der Waals surface area contributed by atoms with Gasteiger partial charge in [0, 0.05) is 6.08 Å². The van der Waals surface area contributed by atoms with Crippen molar-refractivity contribution in [3.05, 3.63) is 24.3 Å². The molecule has 2 rings (SSSR count). The number of nitrogens with two attached hydrogens (primary N) is 1. The van der Waals surface area contributed by atoms with E-state index in [0.29, 0.717) is 12.5 Å². The van der Waals surface area contributed by atoms with Gasteiger partial charge >= 0.3 is 5.97 Å². The Balaban J connectivity index is 1.63. The van der Waals surface area contributed by atoms with Gasteiger partial charge in [-0.1, -0.05) is 31.1 Å². The molecule has 0 radical (unpaired) electrons. The summed E-state index contributed by atoms with van der Waals surface area (Å²) in [4.78, 5) is 22.6.